The molecule has 0 saturated heterocycles. The molecule has 1 N–H and O–H groups in total. The van der Waals surface area contributed by atoms with Gasteiger partial charge < -0.3 is 9.84 Å². The van der Waals surface area contributed by atoms with E-state index >= 15 is 0 Å². The quantitative estimate of drug-likeness (QED) is 0.848. The number of hydrogen-bond donors (Lipinski definition) is 1. The van der Waals surface area contributed by atoms with Crippen LogP contribution in [0.25, 0.3) is 0 Å². The molecule has 8 nitrogen and oxygen atoms in total. The zero-order chi connectivity index (χ0) is 14.5. The van der Waals surface area contributed by atoms with E-state index in [1.165, 1.54) is 6.33 Å². The van der Waals surface area contributed by atoms with Crippen LogP contribution in [0.4, 0.5) is 0 Å². The SMILES string of the molecule is CC(C)c1noc([C@H](C)NC(=O)CCn2cncn2)n1. The van der Waals surface area contributed by atoms with Crippen LogP contribution in [-0.2, 0) is 11.3 Å². The smallest absolute Gasteiger partial charge is 0.248 e. The average molecular weight is 278 g/mol. The first kappa shape index (κ1) is 14.2. The molecule has 8 heteroatoms. The van der Waals surface area contributed by atoms with E-state index in [4.69, 9.17) is 4.52 Å². The van der Waals surface area contributed by atoms with Crippen molar-refractivity contribution in [1.82, 2.24) is 30.2 Å². The summed E-state index contributed by atoms with van der Waals surface area (Å²) in [6.07, 6.45) is 3.33. The van der Waals surface area contributed by atoms with Crippen molar-refractivity contribution >= 4 is 5.91 Å². The number of nitrogens with zero attached hydrogens (tertiary/aromatic N) is 5. The van der Waals surface area contributed by atoms with Gasteiger partial charge in [0, 0.05) is 12.3 Å². The van der Waals surface area contributed by atoms with Gasteiger partial charge in [-0.15, -0.1) is 0 Å². The van der Waals surface area contributed by atoms with Gasteiger partial charge in [0.1, 0.15) is 18.7 Å². The topological polar surface area (TPSA) is 98.7 Å². The van der Waals surface area contributed by atoms with Gasteiger partial charge in [0.2, 0.25) is 11.8 Å². The Morgan fingerprint density at radius 3 is 2.85 bits per heavy atom. The fourth-order valence-corrected chi connectivity index (χ4v) is 1.60. The van der Waals surface area contributed by atoms with Crippen LogP contribution in [-0.4, -0.2) is 30.8 Å². The number of aromatic nitrogens is 5. The first-order valence-corrected chi connectivity index (χ1v) is 6.51. The molecule has 0 bridgehead atoms. The molecular weight excluding hydrogens is 260 g/mol. The lowest BCUT2D eigenvalue weighted by Crippen LogP contribution is -2.27. The lowest BCUT2D eigenvalue weighted by Gasteiger charge is -2.09. The van der Waals surface area contributed by atoms with Crippen LogP contribution in [0, 0.1) is 0 Å². The molecule has 0 unspecified atom stereocenters. The second kappa shape index (κ2) is 6.27. The summed E-state index contributed by atoms with van der Waals surface area (Å²) >= 11 is 0. The van der Waals surface area contributed by atoms with Crippen LogP contribution in [0.5, 0.6) is 0 Å². The second-order valence-electron chi connectivity index (χ2n) is 4.84. The van der Waals surface area contributed by atoms with Crippen LogP contribution in [0.3, 0.4) is 0 Å². The number of carbonyl (C=O) groups is 1. The van der Waals surface area contributed by atoms with E-state index in [0.29, 0.717) is 24.7 Å². The molecule has 20 heavy (non-hydrogen) atoms. The fourth-order valence-electron chi connectivity index (χ4n) is 1.60. The number of rotatable bonds is 6. The number of aryl methyl sites for hydroxylation is 1. The van der Waals surface area contributed by atoms with Crippen LogP contribution < -0.4 is 5.32 Å². The zero-order valence-electron chi connectivity index (χ0n) is 11.8. The monoisotopic (exact) mass is 278 g/mol. The lowest BCUT2D eigenvalue weighted by atomic mass is 10.2. The van der Waals surface area contributed by atoms with Crippen LogP contribution >= 0.6 is 0 Å². The van der Waals surface area contributed by atoms with E-state index in [1.54, 1.807) is 11.0 Å². The summed E-state index contributed by atoms with van der Waals surface area (Å²) in [6, 6.07) is -0.307. The van der Waals surface area contributed by atoms with E-state index in [2.05, 4.69) is 25.5 Å². The normalized spacial score (nSPS) is 12.6. The minimum atomic E-state index is -0.307. The molecular formula is C12H18N6O2. The fraction of sp³-hybridized carbons (Fsp3) is 0.583. The molecule has 0 aromatic carbocycles. The zero-order valence-corrected chi connectivity index (χ0v) is 11.8. The van der Waals surface area contributed by atoms with Crippen molar-refractivity contribution in [3.05, 3.63) is 24.4 Å². The molecule has 2 aromatic rings. The van der Waals surface area contributed by atoms with Crippen LogP contribution in [0.2, 0.25) is 0 Å². The van der Waals surface area contributed by atoms with Crippen molar-refractivity contribution in [3.63, 3.8) is 0 Å². The van der Waals surface area contributed by atoms with Crippen LogP contribution in [0.1, 0.15) is 50.9 Å². The summed E-state index contributed by atoms with van der Waals surface area (Å²) < 4.78 is 6.74. The van der Waals surface area contributed by atoms with E-state index in [9.17, 15) is 4.79 Å². The molecule has 0 aliphatic rings. The number of carbonyl (C=O) groups excluding carboxylic acids is 1. The minimum absolute atomic E-state index is 0.0997. The van der Waals surface area contributed by atoms with Crippen molar-refractivity contribution in [2.45, 2.75) is 45.7 Å². The molecule has 2 aromatic heterocycles. The largest absolute Gasteiger partial charge is 0.345 e. The van der Waals surface area contributed by atoms with Crippen LogP contribution in [0.15, 0.2) is 17.2 Å². The number of hydrogen-bond acceptors (Lipinski definition) is 6. The third kappa shape index (κ3) is 3.62. The Kier molecular flexibility index (Phi) is 4.44. The summed E-state index contributed by atoms with van der Waals surface area (Å²) in [6.45, 7) is 6.26. The van der Waals surface area contributed by atoms with Crippen molar-refractivity contribution < 1.29 is 9.32 Å². The molecule has 2 heterocycles. The Bertz CT molecular complexity index is 548. The molecule has 1 amide bonds. The molecule has 0 radical (unpaired) electrons. The van der Waals surface area contributed by atoms with Gasteiger partial charge in [-0.05, 0) is 6.92 Å². The molecule has 1 atom stereocenters. The predicted molar refractivity (Wildman–Crippen MR) is 69.6 cm³/mol. The predicted octanol–water partition coefficient (Wildman–Crippen LogP) is 1.05. The van der Waals surface area contributed by atoms with Gasteiger partial charge in [-0.3, -0.25) is 9.48 Å². The van der Waals surface area contributed by atoms with Gasteiger partial charge in [-0.2, -0.15) is 10.1 Å². The third-order valence-electron chi connectivity index (χ3n) is 2.76. The number of amides is 1. The maximum Gasteiger partial charge on any atom is 0.248 e. The maximum atomic E-state index is 11.8. The molecule has 0 aliphatic heterocycles. The Hall–Kier alpha value is -2.25. The third-order valence-corrected chi connectivity index (χ3v) is 2.76. The molecule has 0 aliphatic carbocycles. The number of nitrogens with one attached hydrogen (secondary N) is 1. The summed E-state index contributed by atoms with van der Waals surface area (Å²) in [5.74, 6) is 1.16. The van der Waals surface area contributed by atoms with Gasteiger partial charge in [0.25, 0.3) is 0 Å². The summed E-state index contributed by atoms with van der Waals surface area (Å²) in [7, 11) is 0. The van der Waals surface area contributed by atoms with Gasteiger partial charge in [0.15, 0.2) is 5.82 Å². The molecule has 108 valence electrons. The summed E-state index contributed by atoms with van der Waals surface area (Å²) in [5.41, 5.74) is 0. The molecule has 0 spiro atoms. The van der Waals surface area contributed by atoms with Gasteiger partial charge in [-0.25, -0.2) is 4.98 Å². The molecule has 0 fully saturated rings. The van der Waals surface area contributed by atoms with Gasteiger partial charge in [0.05, 0.1) is 6.54 Å². The Labute approximate surface area is 116 Å². The lowest BCUT2D eigenvalue weighted by molar-refractivity contribution is -0.122. The highest BCUT2D eigenvalue weighted by Crippen LogP contribution is 2.14. The van der Waals surface area contributed by atoms with Crippen molar-refractivity contribution in [3.8, 4) is 0 Å². The Balaban J connectivity index is 1.83. The summed E-state index contributed by atoms with van der Waals surface area (Å²) in [4.78, 5) is 19.9. The molecule has 0 saturated carbocycles. The maximum absolute atomic E-state index is 11.8. The van der Waals surface area contributed by atoms with Crippen molar-refractivity contribution in [1.29, 1.82) is 0 Å². The standard InChI is InChI=1S/C12H18N6O2/c1-8(2)11-16-12(20-17-11)9(3)15-10(19)4-5-18-7-13-6-14-18/h6-9H,4-5H2,1-3H3,(H,15,19)/t9-/m0/s1. The van der Waals surface area contributed by atoms with E-state index in [1.807, 2.05) is 20.8 Å². The summed E-state index contributed by atoms with van der Waals surface area (Å²) in [5, 5.41) is 10.6. The first-order valence-electron chi connectivity index (χ1n) is 6.51. The second-order valence-corrected chi connectivity index (χ2v) is 4.84. The highest BCUT2D eigenvalue weighted by atomic mass is 16.5. The first-order chi connectivity index (χ1) is 9.56. The van der Waals surface area contributed by atoms with Crippen molar-refractivity contribution in [2.75, 3.05) is 0 Å². The Morgan fingerprint density at radius 1 is 1.45 bits per heavy atom. The molecule has 2 rings (SSSR count). The van der Waals surface area contributed by atoms with E-state index in [0.717, 1.165) is 0 Å². The van der Waals surface area contributed by atoms with E-state index in [-0.39, 0.29) is 17.9 Å². The highest BCUT2D eigenvalue weighted by Gasteiger charge is 2.17. The van der Waals surface area contributed by atoms with Crippen molar-refractivity contribution in [2.24, 2.45) is 0 Å². The highest BCUT2D eigenvalue weighted by molar-refractivity contribution is 5.76. The van der Waals surface area contributed by atoms with E-state index < -0.39 is 0 Å². The van der Waals surface area contributed by atoms with Gasteiger partial charge in [-0.1, -0.05) is 19.0 Å². The minimum Gasteiger partial charge on any atom is -0.345 e. The Morgan fingerprint density at radius 2 is 2.25 bits per heavy atom. The van der Waals surface area contributed by atoms with Gasteiger partial charge >= 0.3 is 0 Å². The average Bonchev–Trinajstić information content (AvgIpc) is 3.07.